The number of para-hydroxylation sites is 1. The van der Waals surface area contributed by atoms with Crippen molar-refractivity contribution in [3.05, 3.63) is 63.6 Å². The van der Waals surface area contributed by atoms with E-state index < -0.39 is 5.66 Å². The third-order valence-electron chi connectivity index (χ3n) is 4.79. The summed E-state index contributed by atoms with van der Waals surface area (Å²) < 4.78 is 6.17. The molecule has 0 saturated heterocycles. The van der Waals surface area contributed by atoms with Crippen molar-refractivity contribution in [2.24, 2.45) is 5.73 Å². The first-order chi connectivity index (χ1) is 11.8. The quantitative estimate of drug-likeness (QED) is 0.730. The summed E-state index contributed by atoms with van der Waals surface area (Å²) in [4.78, 5) is 0. The number of nitrogens with one attached hydrogen (secondary N) is 1. The molecule has 3 N–H and O–H groups in total. The monoisotopic (exact) mass is 378 g/mol. The van der Waals surface area contributed by atoms with Gasteiger partial charge in [-0.25, -0.2) is 0 Å². The third kappa shape index (κ3) is 3.52. The van der Waals surface area contributed by atoms with E-state index in [9.17, 15) is 0 Å². The highest BCUT2D eigenvalue weighted by Crippen LogP contribution is 2.47. The van der Waals surface area contributed by atoms with Gasteiger partial charge in [0.15, 0.2) is 0 Å². The van der Waals surface area contributed by atoms with Crippen LogP contribution >= 0.6 is 23.2 Å². The molecule has 0 aliphatic carbocycles. The molecule has 2 aromatic carbocycles. The lowest BCUT2D eigenvalue weighted by atomic mass is 9.74. The molecule has 25 heavy (non-hydrogen) atoms. The average Bonchev–Trinajstić information content (AvgIpc) is 2.55. The highest BCUT2D eigenvalue weighted by molar-refractivity contribution is 6.42. The predicted molar refractivity (Wildman–Crippen MR) is 105 cm³/mol. The van der Waals surface area contributed by atoms with E-state index in [1.807, 2.05) is 30.3 Å². The first-order valence-electron chi connectivity index (χ1n) is 8.54. The summed E-state index contributed by atoms with van der Waals surface area (Å²) in [6.07, 6.45) is 0.785. The molecule has 134 valence electrons. The minimum Gasteiger partial charge on any atom is -0.488 e. The number of fused-ring (bicyclic) bond motifs is 1. The van der Waals surface area contributed by atoms with Crippen molar-refractivity contribution in [2.45, 2.75) is 44.4 Å². The highest BCUT2D eigenvalue weighted by Gasteiger charge is 2.45. The van der Waals surface area contributed by atoms with Crippen molar-refractivity contribution in [1.29, 1.82) is 0 Å². The second-order valence-electron chi connectivity index (χ2n) is 7.18. The maximum Gasteiger partial charge on any atom is 0.123 e. The van der Waals surface area contributed by atoms with Crippen molar-refractivity contribution in [2.75, 3.05) is 6.54 Å². The molecule has 0 fully saturated rings. The Balaban J connectivity index is 2.15. The van der Waals surface area contributed by atoms with E-state index >= 15 is 0 Å². The lowest BCUT2D eigenvalue weighted by Crippen LogP contribution is -2.57. The van der Waals surface area contributed by atoms with Gasteiger partial charge in [0.2, 0.25) is 0 Å². The van der Waals surface area contributed by atoms with Crippen LogP contribution in [0.3, 0.4) is 0 Å². The molecule has 0 amide bonds. The molecule has 0 aromatic heterocycles. The van der Waals surface area contributed by atoms with E-state index in [0.29, 0.717) is 10.0 Å². The summed E-state index contributed by atoms with van der Waals surface area (Å²) in [7, 11) is 0. The largest absolute Gasteiger partial charge is 0.488 e. The Hall–Kier alpha value is -1.26. The number of hydrogen-bond acceptors (Lipinski definition) is 3. The molecule has 3 nitrogen and oxygen atoms in total. The standard InChI is InChI=1S/C20H24Cl2N2O/c1-4-24-20(23,13-9-10-16(21)17(22)11-13)15-12-19(2,3)25-18-8-6-5-7-14(15)18/h5-11,15,24H,4,12,23H2,1-3H3. The smallest absolute Gasteiger partial charge is 0.123 e. The minimum atomic E-state index is -0.778. The van der Waals surface area contributed by atoms with E-state index in [1.165, 1.54) is 0 Å². The molecular formula is C20H24Cl2N2O. The molecule has 0 bridgehead atoms. The molecule has 2 atom stereocenters. The van der Waals surface area contributed by atoms with Crippen molar-refractivity contribution in [3.63, 3.8) is 0 Å². The van der Waals surface area contributed by atoms with Gasteiger partial charge in [-0.05, 0) is 50.6 Å². The molecule has 0 radical (unpaired) electrons. The van der Waals surface area contributed by atoms with E-state index in [4.69, 9.17) is 33.7 Å². The second-order valence-corrected chi connectivity index (χ2v) is 8.00. The van der Waals surface area contributed by atoms with Gasteiger partial charge in [-0.2, -0.15) is 0 Å². The summed E-state index contributed by atoms with van der Waals surface area (Å²) in [6, 6.07) is 13.7. The fourth-order valence-electron chi connectivity index (χ4n) is 3.68. The van der Waals surface area contributed by atoms with Crippen LogP contribution < -0.4 is 15.8 Å². The molecule has 0 spiro atoms. The van der Waals surface area contributed by atoms with Crippen LogP contribution in [-0.2, 0) is 5.66 Å². The predicted octanol–water partition coefficient (Wildman–Crippen LogP) is 5.06. The first kappa shape index (κ1) is 18.5. The maximum absolute atomic E-state index is 6.99. The van der Waals surface area contributed by atoms with E-state index in [1.54, 1.807) is 6.07 Å². The van der Waals surface area contributed by atoms with Crippen molar-refractivity contribution in [3.8, 4) is 5.75 Å². The van der Waals surface area contributed by atoms with Gasteiger partial charge in [-0.15, -0.1) is 0 Å². The molecule has 0 saturated carbocycles. The average molecular weight is 379 g/mol. The molecule has 1 heterocycles. The number of nitrogens with two attached hydrogens (primary N) is 1. The first-order valence-corrected chi connectivity index (χ1v) is 9.30. The van der Waals surface area contributed by atoms with Gasteiger partial charge in [0, 0.05) is 11.5 Å². The molecule has 2 unspecified atom stereocenters. The molecule has 3 rings (SSSR count). The number of benzene rings is 2. The Morgan fingerprint density at radius 2 is 1.92 bits per heavy atom. The van der Waals surface area contributed by atoms with Gasteiger partial charge in [-0.3, -0.25) is 5.32 Å². The Morgan fingerprint density at radius 3 is 2.60 bits per heavy atom. The van der Waals surface area contributed by atoms with Crippen molar-refractivity contribution >= 4 is 23.2 Å². The zero-order chi connectivity index (χ0) is 18.2. The molecule has 1 aliphatic rings. The molecule has 5 heteroatoms. The van der Waals surface area contributed by atoms with Crippen LogP contribution in [0.1, 0.15) is 44.2 Å². The fraction of sp³-hybridized carbons (Fsp3) is 0.400. The lowest BCUT2D eigenvalue weighted by molar-refractivity contribution is 0.0498. The number of hydrogen-bond donors (Lipinski definition) is 2. The Morgan fingerprint density at radius 1 is 1.20 bits per heavy atom. The summed E-state index contributed by atoms with van der Waals surface area (Å²) in [5.41, 5.74) is 7.93. The van der Waals surface area contributed by atoms with Crippen LogP contribution in [0.5, 0.6) is 5.75 Å². The van der Waals surface area contributed by atoms with Crippen LogP contribution in [-0.4, -0.2) is 12.1 Å². The minimum absolute atomic E-state index is 0.0321. The topological polar surface area (TPSA) is 47.3 Å². The second kappa shape index (κ2) is 6.81. The van der Waals surface area contributed by atoms with Gasteiger partial charge < -0.3 is 10.5 Å². The van der Waals surface area contributed by atoms with Crippen molar-refractivity contribution in [1.82, 2.24) is 5.32 Å². The number of halogens is 2. The zero-order valence-electron chi connectivity index (χ0n) is 14.8. The van der Waals surface area contributed by atoms with Gasteiger partial charge >= 0.3 is 0 Å². The zero-order valence-corrected chi connectivity index (χ0v) is 16.3. The number of rotatable bonds is 4. The summed E-state index contributed by atoms with van der Waals surface area (Å²) in [5, 5.41) is 4.52. The number of likely N-dealkylation sites (N-methyl/N-ethyl adjacent to an activating group) is 1. The maximum atomic E-state index is 6.99. The summed E-state index contributed by atoms with van der Waals surface area (Å²) in [6.45, 7) is 6.97. The summed E-state index contributed by atoms with van der Waals surface area (Å²) >= 11 is 12.4. The van der Waals surface area contributed by atoms with E-state index in [-0.39, 0.29) is 11.5 Å². The van der Waals surface area contributed by atoms with Crippen LogP contribution in [0.2, 0.25) is 10.0 Å². The van der Waals surface area contributed by atoms with Gasteiger partial charge in [-0.1, -0.05) is 54.4 Å². The van der Waals surface area contributed by atoms with E-state index in [2.05, 4.69) is 32.2 Å². The normalized spacial score (nSPS) is 21.1. The molecule has 1 aliphatic heterocycles. The molecular weight excluding hydrogens is 355 g/mol. The summed E-state index contributed by atoms with van der Waals surface area (Å²) in [5.74, 6) is 0.918. The Bertz CT molecular complexity index is 778. The van der Waals surface area contributed by atoms with Crippen LogP contribution in [0, 0.1) is 0 Å². The molecule has 2 aromatic rings. The van der Waals surface area contributed by atoms with Gasteiger partial charge in [0.25, 0.3) is 0 Å². The fourth-order valence-corrected chi connectivity index (χ4v) is 3.98. The van der Waals surface area contributed by atoms with Crippen LogP contribution in [0.4, 0.5) is 0 Å². The van der Waals surface area contributed by atoms with E-state index in [0.717, 1.165) is 29.8 Å². The highest BCUT2D eigenvalue weighted by atomic mass is 35.5. The Labute approximate surface area is 159 Å². The van der Waals surface area contributed by atoms with Gasteiger partial charge in [0.1, 0.15) is 11.4 Å². The van der Waals surface area contributed by atoms with Crippen molar-refractivity contribution < 1.29 is 4.74 Å². The lowest BCUT2D eigenvalue weighted by Gasteiger charge is -2.46. The third-order valence-corrected chi connectivity index (χ3v) is 5.53. The van der Waals surface area contributed by atoms with Crippen LogP contribution in [0.15, 0.2) is 42.5 Å². The van der Waals surface area contributed by atoms with Gasteiger partial charge in [0.05, 0.1) is 15.7 Å². The SMILES string of the molecule is CCNC(N)(c1ccc(Cl)c(Cl)c1)C1CC(C)(C)Oc2ccccc21. The number of ether oxygens (including phenoxy) is 1. The van der Waals surface area contributed by atoms with Crippen LogP contribution in [0.25, 0.3) is 0 Å². The Kier molecular flexibility index (Phi) is 5.04.